The molecule has 0 bridgehead atoms. The van der Waals surface area contributed by atoms with Crippen LogP contribution in [0.5, 0.6) is 0 Å². The number of aromatic nitrogens is 3. The minimum absolute atomic E-state index is 0.147. The van der Waals surface area contributed by atoms with E-state index in [4.69, 9.17) is 10.2 Å². The first-order chi connectivity index (χ1) is 9.86. The topological polar surface area (TPSA) is 69.2 Å². The van der Waals surface area contributed by atoms with E-state index in [-0.39, 0.29) is 5.92 Å². The smallest absolute Gasteiger partial charge is 0.157 e. The largest absolute Gasteiger partial charge is 0.353 e. The fourth-order valence-electron chi connectivity index (χ4n) is 3.07. The Kier molecular flexibility index (Phi) is 2.60. The molecule has 1 fully saturated rings. The lowest BCUT2D eigenvalue weighted by Gasteiger charge is -2.38. The third-order valence-corrected chi connectivity index (χ3v) is 4.15. The fourth-order valence-corrected chi connectivity index (χ4v) is 3.07. The lowest BCUT2D eigenvalue weighted by molar-refractivity contribution is 0.492. The Morgan fingerprint density at radius 3 is 3.00 bits per heavy atom. The molecule has 6 nitrogen and oxygen atoms in total. The van der Waals surface area contributed by atoms with Gasteiger partial charge in [-0.3, -0.25) is 0 Å². The van der Waals surface area contributed by atoms with E-state index in [1.165, 1.54) is 11.3 Å². The molecule has 1 N–H and O–H groups in total. The maximum absolute atomic E-state index is 8.99. The van der Waals surface area contributed by atoms with Crippen molar-refractivity contribution in [2.24, 2.45) is 5.92 Å². The van der Waals surface area contributed by atoms with Crippen LogP contribution in [0.15, 0.2) is 12.3 Å². The van der Waals surface area contributed by atoms with Gasteiger partial charge < -0.3 is 10.2 Å². The third-order valence-electron chi connectivity index (χ3n) is 4.15. The van der Waals surface area contributed by atoms with E-state index in [0.29, 0.717) is 0 Å². The number of fused-ring (bicyclic) bond motifs is 2. The summed E-state index contributed by atoms with van der Waals surface area (Å²) in [6.45, 7) is 3.55. The van der Waals surface area contributed by atoms with Gasteiger partial charge in [0.15, 0.2) is 5.65 Å². The Balaban J connectivity index is 1.86. The van der Waals surface area contributed by atoms with Gasteiger partial charge in [0.2, 0.25) is 0 Å². The van der Waals surface area contributed by atoms with E-state index in [1.54, 1.807) is 6.20 Å². The number of nitrogens with one attached hydrogen (secondary N) is 1. The minimum Gasteiger partial charge on any atom is -0.353 e. The van der Waals surface area contributed by atoms with Crippen molar-refractivity contribution in [3.05, 3.63) is 23.5 Å². The average molecular weight is 268 g/mol. The summed E-state index contributed by atoms with van der Waals surface area (Å²) >= 11 is 0. The molecule has 102 valence electrons. The van der Waals surface area contributed by atoms with Gasteiger partial charge in [0.1, 0.15) is 5.82 Å². The second-order valence-electron chi connectivity index (χ2n) is 5.44. The highest BCUT2D eigenvalue weighted by Crippen LogP contribution is 2.30. The van der Waals surface area contributed by atoms with E-state index in [9.17, 15) is 0 Å². The molecule has 2 aliphatic heterocycles. The Bertz CT molecular complexity index is 691. The minimum atomic E-state index is 0.147. The quantitative estimate of drug-likeness (QED) is 0.809. The summed E-state index contributed by atoms with van der Waals surface area (Å²) in [4.78, 5) is 7.01. The van der Waals surface area contributed by atoms with E-state index in [2.05, 4.69) is 21.4 Å². The first-order valence-corrected chi connectivity index (χ1v) is 7.07. The SMILES string of the molecule is N#CC1CN(c2c3c(nc4ccnn24)CCNCC3)C1. The molecular weight excluding hydrogens is 252 g/mol. The molecule has 0 aliphatic carbocycles. The van der Waals surface area contributed by atoms with Gasteiger partial charge in [-0.1, -0.05) is 0 Å². The molecule has 2 aliphatic rings. The molecule has 1 saturated heterocycles. The highest BCUT2D eigenvalue weighted by Gasteiger charge is 2.31. The maximum Gasteiger partial charge on any atom is 0.157 e. The monoisotopic (exact) mass is 268 g/mol. The van der Waals surface area contributed by atoms with Crippen LogP contribution in [-0.4, -0.2) is 40.8 Å². The summed E-state index contributed by atoms with van der Waals surface area (Å²) in [5.41, 5.74) is 3.38. The molecule has 0 spiro atoms. The molecule has 0 saturated carbocycles. The highest BCUT2D eigenvalue weighted by molar-refractivity contribution is 5.59. The number of nitrogens with zero attached hydrogens (tertiary/aromatic N) is 5. The molecule has 0 unspecified atom stereocenters. The van der Waals surface area contributed by atoms with Gasteiger partial charge in [0.25, 0.3) is 0 Å². The second-order valence-corrected chi connectivity index (χ2v) is 5.44. The van der Waals surface area contributed by atoms with Crippen LogP contribution in [0, 0.1) is 17.2 Å². The Morgan fingerprint density at radius 1 is 1.30 bits per heavy atom. The number of hydrogen-bond acceptors (Lipinski definition) is 5. The molecule has 6 heteroatoms. The number of rotatable bonds is 1. The lowest BCUT2D eigenvalue weighted by atomic mass is 10.00. The van der Waals surface area contributed by atoms with Crippen LogP contribution >= 0.6 is 0 Å². The van der Waals surface area contributed by atoms with Crippen LogP contribution < -0.4 is 10.2 Å². The van der Waals surface area contributed by atoms with Crippen LogP contribution in [0.25, 0.3) is 5.65 Å². The van der Waals surface area contributed by atoms with E-state index in [1.807, 2.05) is 10.6 Å². The first-order valence-electron chi connectivity index (χ1n) is 7.07. The van der Waals surface area contributed by atoms with Crippen molar-refractivity contribution in [3.8, 4) is 6.07 Å². The number of anilines is 1. The molecule has 0 amide bonds. The molecule has 0 radical (unpaired) electrons. The predicted octanol–water partition coefficient (Wildman–Crippen LogP) is 0.377. The normalized spacial score (nSPS) is 19.2. The van der Waals surface area contributed by atoms with Crippen molar-refractivity contribution in [3.63, 3.8) is 0 Å². The summed E-state index contributed by atoms with van der Waals surface area (Å²) in [5, 5.41) is 16.8. The van der Waals surface area contributed by atoms with Crippen molar-refractivity contribution in [1.82, 2.24) is 19.9 Å². The molecule has 0 aromatic carbocycles. The third kappa shape index (κ3) is 1.67. The molecule has 4 heterocycles. The first kappa shape index (κ1) is 11.7. The summed E-state index contributed by atoms with van der Waals surface area (Å²) < 4.78 is 1.93. The zero-order valence-electron chi connectivity index (χ0n) is 11.2. The van der Waals surface area contributed by atoms with Crippen LogP contribution in [0.2, 0.25) is 0 Å². The molecule has 2 aromatic heterocycles. The standard InChI is InChI=1S/C14H16N6/c15-7-10-8-19(9-10)14-11-1-4-16-5-2-12(11)18-13-3-6-17-20(13)14/h3,6,10,16H,1-2,4-5,8-9H2. The Morgan fingerprint density at radius 2 is 2.15 bits per heavy atom. The number of nitriles is 1. The van der Waals surface area contributed by atoms with Gasteiger partial charge in [0, 0.05) is 37.7 Å². The van der Waals surface area contributed by atoms with Crippen LogP contribution in [0.3, 0.4) is 0 Å². The fraction of sp³-hybridized carbons (Fsp3) is 0.500. The van der Waals surface area contributed by atoms with Gasteiger partial charge >= 0.3 is 0 Å². The van der Waals surface area contributed by atoms with E-state index < -0.39 is 0 Å². The van der Waals surface area contributed by atoms with Crippen LogP contribution in [0.4, 0.5) is 5.82 Å². The van der Waals surface area contributed by atoms with Gasteiger partial charge in [-0.15, -0.1) is 0 Å². The number of hydrogen-bond donors (Lipinski definition) is 1. The van der Waals surface area contributed by atoms with Crippen molar-refractivity contribution >= 4 is 11.5 Å². The second kappa shape index (κ2) is 4.46. The van der Waals surface area contributed by atoms with Crippen molar-refractivity contribution in [2.75, 3.05) is 31.1 Å². The molecule has 20 heavy (non-hydrogen) atoms. The lowest BCUT2D eigenvalue weighted by Crippen LogP contribution is -2.47. The van der Waals surface area contributed by atoms with Gasteiger partial charge in [-0.05, 0) is 13.0 Å². The van der Waals surface area contributed by atoms with Crippen molar-refractivity contribution in [1.29, 1.82) is 5.26 Å². The summed E-state index contributed by atoms with van der Waals surface area (Å²) in [6, 6.07) is 4.28. The van der Waals surface area contributed by atoms with Crippen LogP contribution in [-0.2, 0) is 12.8 Å². The summed E-state index contributed by atoms with van der Waals surface area (Å²) in [5.74, 6) is 1.29. The van der Waals surface area contributed by atoms with Gasteiger partial charge in [-0.25, -0.2) is 4.98 Å². The molecule has 2 aromatic rings. The van der Waals surface area contributed by atoms with Gasteiger partial charge in [0.05, 0.1) is 23.9 Å². The zero-order valence-corrected chi connectivity index (χ0v) is 11.2. The van der Waals surface area contributed by atoms with Gasteiger partial charge in [-0.2, -0.15) is 14.9 Å². The predicted molar refractivity (Wildman–Crippen MR) is 74.6 cm³/mol. The van der Waals surface area contributed by atoms with Crippen LogP contribution in [0.1, 0.15) is 11.3 Å². The molecule has 4 rings (SSSR count). The summed E-state index contributed by atoms with van der Waals surface area (Å²) in [6.07, 6.45) is 3.73. The zero-order chi connectivity index (χ0) is 13.5. The molecule has 0 atom stereocenters. The molecular formula is C14H16N6. The van der Waals surface area contributed by atoms with E-state index in [0.717, 1.165) is 50.5 Å². The Hall–Kier alpha value is -2.13. The highest BCUT2D eigenvalue weighted by atomic mass is 15.4. The van der Waals surface area contributed by atoms with Crippen molar-refractivity contribution in [2.45, 2.75) is 12.8 Å². The average Bonchev–Trinajstić information content (AvgIpc) is 2.74. The Labute approximate surface area is 117 Å². The van der Waals surface area contributed by atoms with Crippen molar-refractivity contribution < 1.29 is 0 Å². The summed E-state index contributed by atoms with van der Waals surface area (Å²) in [7, 11) is 0. The maximum atomic E-state index is 8.99. The van der Waals surface area contributed by atoms with E-state index >= 15 is 0 Å².